The minimum Gasteiger partial charge on any atom is -0.506 e. The topological polar surface area (TPSA) is 46.5 Å². The molecule has 2 aromatic carbocycles. The summed E-state index contributed by atoms with van der Waals surface area (Å²) in [7, 11) is 0. The zero-order chi connectivity index (χ0) is 15.4. The number of hydrogen-bond acceptors (Lipinski definition) is 3. The summed E-state index contributed by atoms with van der Waals surface area (Å²) in [4.78, 5) is 12.4. The molecule has 3 nitrogen and oxygen atoms in total. The standard InChI is InChI=1S/C17H17ClO3/c1-11(2)21-17(20)15(12-7-4-3-5-8-12)13-9-6-10-14(18)16(13)19/h3-11,15,19H,1-2H3. The van der Waals surface area contributed by atoms with E-state index in [1.165, 1.54) is 0 Å². The van der Waals surface area contributed by atoms with Crippen molar-refractivity contribution < 1.29 is 14.6 Å². The highest BCUT2D eigenvalue weighted by Crippen LogP contribution is 2.36. The van der Waals surface area contributed by atoms with Gasteiger partial charge in [0.1, 0.15) is 11.7 Å². The van der Waals surface area contributed by atoms with Gasteiger partial charge in [0, 0.05) is 5.56 Å². The Hall–Kier alpha value is -2.00. The molecule has 2 rings (SSSR count). The fourth-order valence-electron chi connectivity index (χ4n) is 2.15. The molecule has 0 aliphatic carbocycles. The number of carbonyl (C=O) groups is 1. The van der Waals surface area contributed by atoms with Crippen LogP contribution >= 0.6 is 11.6 Å². The number of hydrogen-bond donors (Lipinski definition) is 1. The van der Waals surface area contributed by atoms with Gasteiger partial charge in [-0.1, -0.05) is 54.1 Å². The van der Waals surface area contributed by atoms with Gasteiger partial charge in [0.15, 0.2) is 0 Å². The number of halogens is 1. The van der Waals surface area contributed by atoms with Crippen LogP contribution < -0.4 is 0 Å². The molecule has 21 heavy (non-hydrogen) atoms. The van der Waals surface area contributed by atoms with Crippen LogP contribution in [0.4, 0.5) is 0 Å². The minimum atomic E-state index is -0.702. The molecule has 0 aliphatic heterocycles. The molecule has 4 heteroatoms. The molecule has 0 radical (unpaired) electrons. The Kier molecular flexibility index (Phi) is 4.86. The van der Waals surface area contributed by atoms with Crippen molar-refractivity contribution in [2.45, 2.75) is 25.9 Å². The lowest BCUT2D eigenvalue weighted by Gasteiger charge is -2.20. The van der Waals surface area contributed by atoms with Crippen molar-refractivity contribution in [2.24, 2.45) is 0 Å². The first-order valence-electron chi connectivity index (χ1n) is 6.73. The quantitative estimate of drug-likeness (QED) is 0.864. The molecular formula is C17H17ClO3. The van der Waals surface area contributed by atoms with E-state index in [2.05, 4.69) is 0 Å². The lowest BCUT2D eigenvalue weighted by molar-refractivity contribution is -0.148. The number of phenolic OH excluding ortho intramolecular Hbond substituents is 1. The first kappa shape index (κ1) is 15.4. The van der Waals surface area contributed by atoms with E-state index in [9.17, 15) is 9.90 Å². The predicted octanol–water partition coefficient (Wildman–Crippen LogP) is 4.13. The molecule has 0 fully saturated rings. The van der Waals surface area contributed by atoms with Gasteiger partial charge in [-0.2, -0.15) is 0 Å². The van der Waals surface area contributed by atoms with Gasteiger partial charge in [0.2, 0.25) is 0 Å². The van der Waals surface area contributed by atoms with Crippen LogP contribution in [0.3, 0.4) is 0 Å². The number of phenols is 1. The molecule has 1 atom stereocenters. The van der Waals surface area contributed by atoms with E-state index in [1.807, 2.05) is 30.3 Å². The minimum absolute atomic E-state index is 0.0891. The van der Waals surface area contributed by atoms with E-state index in [0.29, 0.717) is 5.56 Å². The van der Waals surface area contributed by atoms with Crippen LogP contribution in [0, 0.1) is 0 Å². The van der Waals surface area contributed by atoms with Crippen LogP contribution in [0.25, 0.3) is 0 Å². The van der Waals surface area contributed by atoms with E-state index in [0.717, 1.165) is 5.56 Å². The summed E-state index contributed by atoms with van der Waals surface area (Å²) in [6.45, 7) is 3.58. The molecule has 0 bridgehead atoms. The third kappa shape index (κ3) is 3.56. The summed E-state index contributed by atoms with van der Waals surface area (Å²) in [5.74, 6) is -1.20. The number of benzene rings is 2. The Bertz CT molecular complexity index is 623. The monoisotopic (exact) mass is 304 g/mol. The van der Waals surface area contributed by atoms with Gasteiger partial charge in [0.05, 0.1) is 11.1 Å². The second-order valence-corrected chi connectivity index (χ2v) is 5.41. The first-order valence-corrected chi connectivity index (χ1v) is 7.11. The van der Waals surface area contributed by atoms with Crippen LogP contribution in [-0.2, 0) is 9.53 Å². The van der Waals surface area contributed by atoms with Gasteiger partial charge < -0.3 is 9.84 Å². The Balaban J connectivity index is 2.51. The van der Waals surface area contributed by atoms with Crippen molar-refractivity contribution in [3.63, 3.8) is 0 Å². The van der Waals surface area contributed by atoms with Gasteiger partial charge >= 0.3 is 5.97 Å². The van der Waals surface area contributed by atoms with E-state index in [1.54, 1.807) is 32.0 Å². The van der Waals surface area contributed by atoms with Crippen LogP contribution in [0.2, 0.25) is 5.02 Å². The normalized spacial score (nSPS) is 12.2. The van der Waals surface area contributed by atoms with Gasteiger partial charge in [-0.3, -0.25) is 4.79 Å². The van der Waals surface area contributed by atoms with Crippen LogP contribution in [0.15, 0.2) is 48.5 Å². The van der Waals surface area contributed by atoms with Crippen LogP contribution in [-0.4, -0.2) is 17.2 Å². The average Bonchev–Trinajstić information content (AvgIpc) is 2.44. The summed E-state index contributed by atoms with van der Waals surface area (Å²) < 4.78 is 5.32. The molecule has 0 saturated carbocycles. The Morgan fingerprint density at radius 1 is 1.10 bits per heavy atom. The summed E-state index contributed by atoms with van der Waals surface area (Å²) in [6, 6.07) is 14.2. The highest BCUT2D eigenvalue weighted by molar-refractivity contribution is 6.32. The van der Waals surface area contributed by atoms with Crippen molar-refractivity contribution in [1.29, 1.82) is 0 Å². The van der Waals surface area contributed by atoms with Crippen molar-refractivity contribution >= 4 is 17.6 Å². The van der Waals surface area contributed by atoms with E-state index in [-0.39, 0.29) is 16.9 Å². The SMILES string of the molecule is CC(C)OC(=O)C(c1ccccc1)c1cccc(Cl)c1O. The highest BCUT2D eigenvalue weighted by atomic mass is 35.5. The molecule has 110 valence electrons. The lowest BCUT2D eigenvalue weighted by Crippen LogP contribution is -2.20. The third-order valence-corrected chi connectivity index (χ3v) is 3.35. The zero-order valence-electron chi connectivity index (χ0n) is 11.9. The largest absolute Gasteiger partial charge is 0.506 e. The van der Waals surface area contributed by atoms with Crippen molar-refractivity contribution in [3.8, 4) is 5.75 Å². The van der Waals surface area contributed by atoms with E-state index < -0.39 is 11.9 Å². The number of ether oxygens (including phenoxy) is 1. The molecule has 0 saturated heterocycles. The van der Waals surface area contributed by atoms with Crippen molar-refractivity contribution in [3.05, 3.63) is 64.7 Å². The number of carbonyl (C=O) groups excluding carboxylic acids is 1. The Morgan fingerprint density at radius 2 is 1.76 bits per heavy atom. The van der Waals surface area contributed by atoms with Gasteiger partial charge in [-0.15, -0.1) is 0 Å². The Morgan fingerprint density at radius 3 is 2.38 bits per heavy atom. The molecule has 2 aromatic rings. The number of esters is 1. The predicted molar refractivity (Wildman–Crippen MR) is 82.6 cm³/mol. The molecule has 0 aromatic heterocycles. The van der Waals surface area contributed by atoms with E-state index in [4.69, 9.17) is 16.3 Å². The van der Waals surface area contributed by atoms with Gasteiger partial charge in [-0.25, -0.2) is 0 Å². The molecule has 1 unspecified atom stereocenters. The second kappa shape index (κ2) is 6.64. The second-order valence-electron chi connectivity index (χ2n) is 5.01. The molecule has 0 spiro atoms. The summed E-state index contributed by atoms with van der Waals surface area (Å²) in [6.07, 6.45) is -0.231. The van der Waals surface area contributed by atoms with Crippen molar-refractivity contribution in [2.75, 3.05) is 0 Å². The average molecular weight is 305 g/mol. The smallest absolute Gasteiger partial charge is 0.318 e. The Labute approximate surface area is 129 Å². The summed E-state index contributed by atoms with van der Waals surface area (Å²) in [5.41, 5.74) is 1.19. The molecule has 1 N–H and O–H groups in total. The third-order valence-electron chi connectivity index (χ3n) is 3.05. The lowest BCUT2D eigenvalue weighted by atomic mass is 9.90. The number of rotatable bonds is 4. The maximum absolute atomic E-state index is 12.4. The van der Waals surface area contributed by atoms with E-state index >= 15 is 0 Å². The van der Waals surface area contributed by atoms with Gasteiger partial charge in [0.25, 0.3) is 0 Å². The van der Waals surface area contributed by atoms with Crippen LogP contribution in [0.5, 0.6) is 5.75 Å². The van der Waals surface area contributed by atoms with Gasteiger partial charge in [-0.05, 0) is 25.5 Å². The fourth-order valence-corrected chi connectivity index (χ4v) is 2.34. The molecule has 0 amide bonds. The summed E-state index contributed by atoms with van der Waals surface area (Å²) in [5, 5.41) is 10.4. The zero-order valence-corrected chi connectivity index (χ0v) is 12.7. The maximum Gasteiger partial charge on any atom is 0.318 e. The molecular weight excluding hydrogens is 288 g/mol. The molecule has 0 aliphatic rings. The first-order chi connectivity index (χ1) is 10.0. The fraction of sp³-hybridized carbons (Fsp3) is 0.235. The van der Waals surface area contributed by atoms with Crippen molar-refractivity contribution in [1.82, 2.24) is 0 Å². The number of aromatic hydroxyl groups is 1. The molecule has 0 heterocycles. The number of para-hydroxylation sites is 1. The summed E-state index contributed by atoms with van der Waals surface area (Å²) >= 11 is 5.95. The maximum atomic E-state index is 12.4. The van der Waals surface area contributed by atoms with Crippen LogP contribution in [0.1, 0.15) is 30.9 Å². The highest BCUT2D eigenvalue weighted by Gasteiger charge is 2.28.